The molecular weight excluding hydrogens is 433 g/mol. The Morgan fingerprint density at radius 1 is 1.12 bits per heavy atom. The first-order chi connectivity index (χ1) is 16.3. The summed E-state index contributed by atoms with van der Waals surface area (Å²) in [6.45, 7) is 7.34. The minimum Gasteiger partial charge on any atom is -0.493 e. The number of hydrogen-bond acceptors (Lipinski definition) is 5. The molecule has 2 aromatic rings. The van der Waals surface area contributed by atoms with E-state index in [-0.39, 0.29) is 5.91 Å². The van der Waals surface area contributed by atoms with Crippen LogP contribution >= 0.6 is 0 Å². The second kappa shape index (κ2) is 10.8. The number of aromatic nitrogens is 1. The zero-order valence-electron chi connectivity index (χ0n) is 20.3. The number of rotatable bonds is 7. The summed E-state index contributed by atoms with van der Waals surface area (Å²) in [6, 6.07) is 11.5. The molecule has 1 N–H and O–H groups in total. The third kappa shape index (κ3) is 6.76. The number of likely N-dealkylation sites (tertiary alicyclic amines) is 2. The summed E-state index contributed by atoms with van der Waals surface area (Å²) in [6.07, 6.45) is 4.80. The van der Waals surface area contributed by atoms with Crippen molar-refractivity contribution >= 4 is 5.91 Å². The molecule has 1 atom stereocenters. The van der Waals surface area contributed by atoms with E-state index in [1.807, 2.05) is 30.3 Å². The number of halogens is 1. The van der Waals surface area contributed by atoms with Gasteiger partial charge in [0.05, 0.1) is 24.0 Å². The van der Waals surface area contributed by atoms with Gasteiger partial charge in [0.2, 0.25) is 0 Å². The lowest BCUT2D eigenvalue weighted by atomic mass is 9.97. The molecule has 1 aromatic carbocycles. The molecule has 0 radical (unpaired) electrons. The summed E-state index contributed by atoms with van der Waals surface area (Å²) in [5.74, 6) is 1.23. The Kier molecular flexibility index (Phi) is 7.84. The third-order valence-electron chi connectivity index (χ3n) is 6.64. The van der Waals surface area contributed by atoms with Gasteiger partial charge in [-0.15, -0.1) is 0 Å². The second-order valence-corrected chi connectivity index (χ2v) is 10.3. The zero-order chi connectivity index (χ0) is 24.1. The van der Waals surface area contributed by atoms with Gasteiger partial charge >= 0.3 is 0 Å². The number of β-amino-alcohol motifs (C(OH)–C–C–N with tert-alkyl or cyclic N) is 1. The van der Waals surface area contributed by atoms with Crippen LogP contribution in [0, 0.1) is 5.92 Å². The van der Waals surface area contributed by atoms with Gasteiger partial charge in [0.1, 0.15) is 11.4 Å². The van der Waals surface area contributed by atoms with E-state index in [4.69, 9.17) is 4.74 Å². The number of ether oxygens (including phenoxy) is 1. The van der Waals surface area contributed by atoms with Crippen molar-refractivity contribution in [3.8, 4) is 17.0 Å². The number of carbonyl (C=O) groups excluding carboxylic acids is 1. The molecule has 0 spiro atoms. The van der Waals surface area contributed by atoms with Crippen LogP contribution in [0.5, 0.6) is 5.75 Å². The van der Waals surface area contributed by atoms with Gasteiger partial charge in [-0.25, -0.2) is 4.39 Å². The average Bonchev–Trinajstić information content (AvgIpc) is 2.83. The zero-order valence-corrected chi connectivity index (χ0v) is 20.3. The molecule has 34 heavy (non-hydrogen) atoms. The topological polar surface area (TPSA) is 65.9 Å². The van der Waals surface area contributed by atoms with Crippen LogP contribution in [0.4, 0.5) is 4.39 Å². The Morgan fingerprint density at radius 3 is 2.47 bits per heavy atom. The van der Waals surface area contributed by atoms with Crippen LogP contribution in [0.2, 0.25) is 0 Å². The van der Waals surface area contributed by atoms with E-state index in [0.29, 0.717) is 37.7 Å². The maximum Gasteiger partial charge on any atom is 0.255 e. The highest BCUT2D eigenvalue weighted by Crippen LogP contribution is 2.24. The normalized spacial score (nSPS) is 20.4. The molecule has 0 aliphatic carbocycles. The Balaban J connectivity index is 1.26. The van der Waals surface area contributed by atoms with Crippen LogP contribution in [-0.4, -0.2) is 76.9 Å². The first-order valence-electron chi connectivity index (χ1n) is 12.3. The van der Waals surface area contributed by atoms with E-state index in [0.717, 1.165) is 55.8 Å². The number of aliphatic hydroxyl groups excluding tert-OH is 1. The van der Waals surface area contributed by atoms with Crippen molar-refractivity contribution in [2.75, 3.05) is 39.3 Å². The van der Waals surface area contributed by atoms with Crippen LogP contribution in [0.15, 0.2) is 42.6 Å². The first kappa shape index (κ1) is 24.6. The standard InChI is InChI=1S/C27H36FN3O3/c1-27(2,28)19-30-14-11-20(12-15-30)18-34-24-8-5-21(6-9-24)25-10-7-22(16-29-25)26(33)31-13-3-4-23(32)17-31/h5-10,16,20,23,32H,3-4,11-15,17-19H2,1-2H3/t23-/m1/s1. The number of amides is 1. The van der Waals surface area contributed by atoms with Gasteiger partial charge in [0.15, 0.2) is 0 Å². The van der Waals surface area contributed by atoms with Gasteiger partial charge in [-0.3, -0.25) is 9.78 Å². The van der Waals surface area contributed by atoms with Gasteiger partial charge in [0, 0.05) is 31.4 Å². The fourth-order valence-corrected chi connectivity index (χ4v) is 4.79. The minimum atomic E-state index is -1.15. The molecule has 2 fully saturated rings. The highest BCUT2D eigenvalue weighted by atomic mass is 19.1. The molecule has 1 amide bonds. The molecule has 2 saturated heterocycles. The van der Waals surface area contributed by atoms with E-state index in [9.17, 15) is 14.3 Å². The highest BCUT2D eigenvalue weighted by molar-refractivity contribution is 5.94. The molecule has 1 aromatic heterocycles. The van der Waals surface area contributed by atoms with Crippen LogP contribution in [-0.2, 0) is 0 Å². The summed E-state index contributed by atoms with van der Waals surface area (Å²) in [4.78, 5) is 21.0. The van der Waals surface area contributed by atoms with Crippen LogP contribution in [0.25, 0.3) is 11.3 Å². The molecule has 0 saturated carbocycles. The summed E-state index contributed by atoms with van der Waals surface area (Å²) in [7, 11) is 0. The number of aliphatic hydroxyl groups is 1. The number of hydrogen-bond donors (Lipinski definition) is 1. The smallest absolute Gasteiger partial charge is 0.255 e. The lowest BCUT2D eigenvalue weighted by Gasteiger charge is -2.34. The maximum absolute atomic E-state index is 13.8. The quantitative estimate of drug-likeness (QED) is 0.659. The number of piperidine rings is 2. The maximum atomic E-state index is 13.8. The minimum absolute atomic E-state index is 0.0826. The molecule has 2 aliphatic heterocycles. The summed E-state index contributed by atoms with van der Waals surface area (Å²) in [5.41, 5.74) is 1.15. The molecular formula is C27H36FN3O3. The van der Waals surface area contributed by atoms with Gasteiger partial charge in [-0.2, -0.15) is 0 Å². The Morgan fingerprint density at radius 2 is 1.85 bits per heavy atom. The van der Waals surface area contributed by atoms with Gasteiger partial charge in [-0.1, -0.05) is 0 Å². The van der Waals surface area contributed by atoms with Crippen LogP contribution in [0.1, 0.15) is 49.9 Å². The third-order valence-corrected chi connectivity index (χ3v) is 6.64. The van der Waals surface area contributed by atoms with E-state index in [2.05, 4.69) is 9.88 Å². The number of alkyl halides is 1. The Hall–Kier alpha value is -2.51. The molecule has 0 bridgehead atoms. The molecule has 3 heterocycles. The first-order valence-corrected chi connectivity index (χ1v) is 12.3. The number of pyridine rings is 1. The lowest BCUT2D eigenvalue weighted by molar-refractivity contribution is 0.0473. The van der Waals surface area contributed by atoms with E-state index >= 15 is 0 Å². The molecule has 7 heteroatoms. The SMILES string of the molecule is CC(C)(F)CN1CCC(COc2ccc(-c3ccc(C(=O)N4CCC[C@@H](O)C4)cn3)cc2)CC1. The van der Waals surface area contributed by atoms with Gasteiger partial charge < -0.3 is 19.6 Å². The van der Waals surface area contributed by atoms with Crippen molar-refractivity contribution in [1.29, 1.82) is 0 Å². The highest BCUT2D eigenvalue weighted by Gasteiger charge is 2.26. The lowest BCUT2D eigenvalue weighted by Crippen LogP contribution is -2.42. The van der Waals surface area contributed by atoms with Crippen LogP contribution in [0.3, 0.4) is 0 Å². The van der Waals surface area contributed by atoms with E-state index in [1.165, 1.54) is 0 Å². The monoisotopic (exact) mass is 469 g/mol. The molecule has 4 rings (SSSR count). The van der Waals surface area contributed by atoms with Crippen LogP contribution < -0.4 is 4.74 Å². The Labute approximate surface area is 201 Å². The van der Waals surface area contributed by atoms with Crippen molar-refractivity contribution in [3.05, 3.63) is 48.2 Å². The van der Waals surface area contributed by atoms with Gasteiger partial charge in [-0.05, 0) is 94.9 Å². The van der Waals surface area contributed by atoms with E-state index < -0.39 is 11.8 Å². The predicted octanol–water partition coefficient (Wildman–Crippen LogP) is 4.18. The molecule has 184 valence electrons. The fourth-order valence-electron chi connectivity index (χ4n) is 4.79. The van der Waals surface area contributed by atoms with Crippen molar-refractivity contribution in [3.63, 3.8) is 0 Å². The van der Waals surface area contributed by atoms with E-state index in [1.54, 1.807) is 31.0 Å². The Bertz CT molecular complexity index is 935. The predicted molar refractivity (Wildman–Crippen MR) is 131 cm³/mol. The number of carbonyl (C=O) groups is 1. The fraction of sp³-hybridized carbons (Fsp3) is 0.556. The number of nitrogens with zero attached hydrogens (tertiary/aromatic N) is 3. The molecule has 2 aliphatic rings. The van der Waals surface area contributed by atoms with Crippen molar-refractivity contribution in [1.82, 2.24) is 14.8 Å². The summed E-state index contributed by atoms with van der Waals surface area (Å²) in [5, 5.41) is 9.82. The summed E-state index contributed by atoms with van der Waals surface area (Å²) >= 11 is 0. The van der Waals surface area contributed by atoms with Crippen molar-refractivity contribution < 1.29 is 19.0 Å². The molecule has 0 unspecified atom stereocenters. The van der Waals surface area contributed by atoms with Crippen molar-refractivity contribution in [2.45, 2.75) is 51.3 Å². The summed E-state index contributed by atoms with van der Waals surface area (Å²) < 4.78 is 19.9. The molecule has 6 nitrogen and oxygen atoms in total. The van der Waals surface area contributed by atoms with Crippen molar-refractivity contribution in [2.24, 2.45) is 5.92 Å². The average molecular weight is 470 g/mol. The number of benzene rings is 1. The largest absolute Gasteiger partial charge is 0.493 e. The van der Waals surface area contributed by atoms with Gasteiger partial charge in [0.25, 0.3) is 5.91 Å². The second-order valence-electron chi connectivity index (χ2n) is 10.3.